The summed E-state index contributed by atoms with van der Waals surface area (Å²) in [5.41, 5.74) is 0.686. The van der Waals surface area contributed by atoms with Gasteiger partial charge in [-0.2, -0.15) is 10.4 Å². The molecule has 0 fully saturated rings. The third kappa shape index (κ3) is 3.49. The minimum absolute atomic E-state index is 0.0797. The second-order valence-electron chi connectivity index (χ2n) is 4.90. The highest BCUT2D eigenvalue weighted by molar-refractivity contribution is 7.12. The van der Waals surface area contributed by atoms with Gasteiger partial charge in [-0.15, -0.1) is 11.3 Å². The Kier molecular flexibility index (Phi) is 4.98. The predicted molar refractivity (Wildman–Crippen MR) is 90.7 cm³/mol. The molecule has 3 rings (SSSR count). The van der Waals surface area contributed by atoms with Crippen LogP contribution in [0.25, 0.3) is 11.0 Å². The number of nitrogens with one attached hydrogen (secondary N) is 2. The summed E-state index contributed by atoms with van der Waals surface area (Å²) in [7, 11) is 0. The van der Waals surface area contributed by atoms with E-state index >= 15 is 0 Å². The van der Waals surface area contributed by atoms with Crippen molar-refractivity contribution in [2.24, 2.45) is 0 Å². The molecule has 9 heteroatoms. The second kappa shape index (κ2) is 7.52. The molecule has 0 aliphatic heterocycles. The molecule has 0 unspecified atom stereocenters. The quantitative estimate of drug-likeness (QED) is 0.633. The molecule has 0 atom stereocenters. The third-order valence-corrected chi connectivity index (χ3v) is 4.19. The number of nitriles is 1. The van der Waals surface area contributed by atoms with Gasteiger partial charge < -0.3 is 10.6 Å². The number of carbonyl (C=O) groups is 1. The van der Waals surface area contributed by atoms with Crippen molar-refractivity contribution in [2.75, 3.05) is 18.4 Å². The van der Waals surface area contributed by atoms with Crippen LogP contribution < -0.4 is 10.6 Å². The smallest absolute Gasteiger partial charge is 0.261 e. The van der Waals surface area contributed by atoms with Crippen molar-refractivity contribution >= 4 is 34.1 Å². The Balaban J connectivity index is 1.58. The minimum Gasteiger partial charge on any atom is -0.368 e. The van der Waals surface area contributed by atoms with Crippen LogP contribution in [-0.2, 0) is 6.54 Å². The van der Waals surface area contributed by atoms with Crippen LogP contribution in [0, 0.1) is 11.3 Å². The van der Waals surface area contributed by atoms with Gasteiger partial charge >= 0.3 is 0 Å². The maximum Gasteiger partial charge on any atom is 0.261 e. The summed E-state index contributed by atoms with van der Waals surface area (Å²) in [5.74, 6) is 0.581. The van der Waals surface area contributed by atoms with Gasteiger partial charge in [0.1, 0.15) is 12.1 Å². The van der Waals surface area contributed by atoms with E-state index in [2.05, 4.69) is 31.8 Å². The number of nitrogens with zero attached hydrogens (tertiary/aromatic N) is 5. The van der Waals surface area contributed by atoms with Gasteiger partial charge in [0.15, 0.2) is 5.65 Å². The summed E-state index contributed by atoms with van der Waals surface area (Å²) in [6, 6.07) is 5.73. The first-order chi connectivity index (χ1) is 11.8. The zero-order chi connectivity index (χ0) is 16.8. The van der Waals surface area contributed by atoms with E-state index in [1.54, 1.807) is 16.9 Å². The SMILES string of the molecule is N#CCCn1ncc2c(NCCNC(=O)c3cccs3)ncnc21. The molecule has 3 aromatic heterocycles. The number of anilines is 1. The van der Waals surface area contributed by atoms with Crippen LogP contribution in [0.5, 0.6) is 0 Å². The highest BCUT2D eigenvalue weighted by atomic mass is 32.1. The molecule has 0 aliphatic rings. The van der Waals surface area contributed by atoms with Crippen molar-refractivity contribution in [1.29, 1.82) is 5.26 Å². The molecule has 1 amide bonds. The number of fused-ring (bicyclic) bond motifs is 1. The molecule has 0 saturated heterocycles. The molecule has 0 aliphatic carbocycles. The first kappa shape index (κ1) is 15.9. The van der Waals surface area contributed by atoms with Crippen molar-refractivity contribution in [3.8, 4) is 6.07 Å². The maximum atomic E-state index is 11.8. The number of rotatable bonds is 7. The van der Waals surface area contributed by atoms with E-state index in [9.17, 15) is 4.79 Å². The van der Waals surface area contributed by atoms with Gasteiger partial charge in [-0.05, 0) is 11.4 Å². The lowest BCUT2D eigenvalue weighted by Gasteiger charge is -2.07. The summed E-state index contributed by atoms with van der Waals surface area (Å²) < 4.78 is 1.68. The number of aryl methyl sites for hydroxylation is 1. The fourth-order valence-electron chi connectivity index (χ4n) is 2.21. The summed E-state index contributed by atoms with van der Waals surface area (Å²) in [6.07, 6.45) is 3.51. The van der Waals surface area contributed by atoms with Gasteiger partial charge in [0.05, 0.1) is 35.5 Å². The monoisotopic (exact) mass is 341 g/mol. The molecule has 0 saturated carbocycles. The third-order valence-electron chi connectivity index (χ3n) is 3.32. The highest BCUT2D eigenvalue weighted by Gasteiger charge is 2.09. The molecule has 122 valence electrons. The second-order valence-corrected chi connectivity index (χ2v) is 5.84. The number of hydrogen-bond donors (Lipinski definition) is 2. The van der Waals surface area contributed by atoms with Crippen molar-refractivity contribution in [2.45, 2.75) is 13.0 Å². The van der Waals surface area contributed by atoms with Crippen LogP contribution in [0.3, 0.4) is 0 Å². The van der Waals surface area contributed by atoms with Crippen LogP contribution in [0.4, 0.5) is 5.82 Å². The number of thiophene rings is 1. The van der Waals surface area contributed by atoms with E-state index in [-0.39, 0.29) is 5.91 Å². The number of aromatic nitrogens is 4. The molecule has 0 bridgehead atoms. The summed E-state index contributed by atoms with van der Waals surface area (Å²) in [4.78, 5) is 21.0. The average molecular weight is 341 g/mol. The Hall–Kier alpha value is -2.99. The maximum absolute atomic E-state index is 11.8. The van der Waals surface area contributed by atoms with Crippen molar-refractivity contribution < 1.29 is 4.79 Å². The van der Waals surface area contributed by atoms with Crippen LogP contribution in [0.2, 0.25) is 0 Å². The molecular weight excluding hydrogens is 326 g/mol. The number of hydrogen-bond acceptors (Lipinski definition) is 7. The lowest BCUT2D eigenvalue weighted by atomic mass is 10.4. The summed E-state index contributed by atoms with van der Waals surface area (Å²) >= 11 is 1.41. The average Bonchev–Trinajstić information content (AvgIpc) is 3.26. The van der Waals surface area contributed by atoms with E-state index in [0.29, 0.717) is 42.4 Å². The largest absolute Gasteiger partial charge is 0.368 e. The molecular formula is C15H15N7OS. The number of amides is 1. The van der Waals surface area contributed by atoms with Crippen LogP contribution in [0.1, 0.15) is 16.1 Å². The van der Waals surface area contributed by atoms with Crippen LogP contribution in [-0.4, -0.2) is 38.7 Å². The molecule has 0 spiro atoms. The van der Waals surface area contributed by atoms with Crippen molar-refractivity contribution in [3.05, 3.63) is 34.9 Å². The Morgan fingerprint density at radius 1 is 1.38 bits per heavy atom. The van der Waals surface area contributed by atoms with E-state index < -0.39 is 0 Å². The zero-order valence-corrected chi connectivity index (χ0v) is 13.6. The normalized spacial score (nSPS) is 10.5. The van der Waals surface area contributed by atoms with E-state index in [1.807, 2.05) is 11.4 Å². The van der Waals surface area contributed by atoms with Crippen LogP contribution >= 0.6 is 11.3 Å². The highest BCUT2D eigenvalue weighted by Crippen LogP contribution is 2.18. The van der Waals surface area contributed by atoms with Gasteiger partial charge in [0.2, 0.25) is 0 Å². The molecule has 8 nitrogen and oxygen atoms in total. The molecule has 3 aromatic rings. The lowest BCUT2D eigenvalue weighted by Crippen LogP contribution is -2.28. The lowest BCUT2D eigenvalue weighted by molar-refractivity contribution is 0.0959. The van der Waals surface area contributed by atoms with Gasteiger partial charge in [-0.25, -0.2) is 14.6 Å². The summed E-state index contributed by atoms with van der Waals surface area (Å²) in [5, 5.41) is 21.6. The number of carbonyl (C=O) groups excluding carboxylic acids is 1. The molecule has 0 radical (unpaired) electrons. The summed E-state index contributed by atoms with van der Waals surface area (Å²) in [6.45, 7) is 1.50. The van der Waals surface area contributed by atoms with Crippen molar-refractivity contribution in [3.63, 3.8) is 0 Å². The van der Waals surface area contributed by atoms with Crippen LogP contribution in [0.15, 0.2) is 30.0 Å². The van der Waals surface area contributed by atoms with Gasteiger partial charge in [-0.1, -0.05) is 6.07 Å². The fourth-order valence-corrected chi connectivity index (χ4v) is 2.85. The standard InChI is InChI=1S/C15H15N7OS/c16-4-2-7-22-14-11(9-21-22)13(19-10-20-14)17-5-6-18-15(23)12-3-1-8-24-12/h1,3,8-10H,2,5-7H2,(H,18,23)(H,17,19,20). The molecule has 24 heavy (non-hydrogen) atoms. The topological polar surface area (TPSA) is 109 Å². The van der Waals surface area contributed by atoms with E-state index in [0.717, 1.165) is 5.39 Å². The Bertz CT molecular complexity index is 866. The first-order valence-corrected chi connectivity index (χ1v) is 8.26. The fraction of sp³-hybridized carbons (Fsp3) is 0.267. The van der Waals surface area contributed by atoms with E-state index in [1.165, 1.54) is 17.7 Å². The minimum atomic E-state index is -0.0797. The Labute approximate surface area is 142 Å². The van der Waals surface area contributed by atoms with Gasteiger partial charge in [0, 0.05) is 13.1 Å². The van der Waals surface area contributed by atoms with Gasteiger partial charge in [-0.3, -0.25) is 4.79 Å². The zero-order valence-electron chi connectivity index (χ0n) is 12.8. The molecule has 2 N–H and O–H groups in total. The Morgan fingerprint density at radius 2 is 2.29 bits per heavy atom. The van der Waals surface area contributed by atoms with E-state index in [4.69, 9.17) is 5.26 Å². The first-order valence-electron chi connectivity index (χ1n) is 7.38. The molecule has 3 heterocycles. The predicted octanol–water partition coefficient (Wildman–Crippen LogP) is 1.64. The Morgan fingerprint density at radius 3 is 3.08 bits per heavy atom. The van der Waals surface area contributed by atoms with Crippen molar-refractivity contribution in [1.82, 2.24) is 25.1 Å². The molecule has 0 aromatic carbocycles. The van der Waals surface area contributed by atoms with Gasteiger partial charge in [0.25, 0.3) is 5.91 Å².